The van der Waals surface area contributed by atoms with Gasteiger partial charge in [-0.3, -0.25) is 14.2 Å². The number of esters is 1. The second-order valence-corrected chi connectivity index (χ2v) is 21.2. The van der Waals surface area contributed by atoms with Gasteiger partial charge in [0, 0.05) is 12.8 Å². The van der Waals surface area contributed by atoms with Crippen LogP contribution in [0.4, 0.5) is 0 Å². The molecule has 0 fully saturated rings. The molecular formula is C53H105N2O7P. The smallest absolute Gasteiger partial charge is 0.306 e. The van der Waals surface area contributed by atoms with E-state index in [2.05, 4.69) is 26.1 Å². The zero-order valence-corrected chi connectivity index (χ0v) is 43.4. The largest absolute Gasteiger partial charge is 0.756 e. The lowest BCUT2D eigenvalue weighted by atomic mass is 10.0. The Morgan fingerprint density at radius 3 is 1.30 bits per heavy atom. The quantitative estimate of drug-likeness (QED) is 0.0213. The summed E-state index contributed by atoms with van der Waals surface area (Å²) in [6.07, 6.45) is 47.3. The number of nitrogens with zero attached hydrogens (tertiary/aromatic N) is 1. The summed E-state index contributed by atoms with van der Waals surface area (Å²) < 4.78 is 30.1. The third kappa shape index (κ3) is 45.7. The summed E-state index contributed by atoms with van der Waals surface area (Å²) in [5.41, 5.74) is 0. The Balaban J connectivity index is 5.40. The summed E-state index contributed by atoms with van der Waals surface area (Å²) in [4.78, 5) is 39.7. The molecule has 374 valence electrons. The lowest BCUT2D eigenvalue weighted by molar-refractivity contribution is -0.870. The Labute approximate surface area is 391 Å². The van der Waals surface area contributed by atoms with Crippen LogP contribution in [0.25, 0.3) is 0 Å². The van der Waals surface area contributed by atoms with Crippen LogP contribution in [0.15, 0.2) is 12.2 Å². The molecule has 0 aromatic carbocycles. The van der Waals surface area contributed by atoms with E-state index in [1.807, 2.05) is 33.3 Å². The molecule has 0 aliphatic carbocycles. The molecule has 1 N–H and O–H groups in total. The van der Waals surface area contributed by atoms with Gasteiger partial charge in [0.1, 0.15) is 19.3 Å². The Hall–Kier alpha value is -1.25. The summed E-state index contributed by atoms with van der Waals surface area (Å²) >= 11 is 0. The molecule has 0 rings (SSSR count). The number of quaternary nitrogens is 1. The lowest BCUT2D eigenvalue weighted by Crippen LogP contribution is -2.47. The van der Waals surface area contributed by atoms with Gasteiger partial charge in [0.25, 0.3) is 7.82 Å². The highest BCUT2D eigenvalue weighted by molar-refractivity contribution is 7.45. The van der Waals surface area contributed by atoms with E-state index in [1.54, 1.807) is 0 Å². The van der Waals surface area contributed by atoms with Gasteiger partial charge in [-0.15, -0.1) is 0 Å². The SMILES string of the molecule is CCCCCCCCCCCCC/C=C/C(OC(=O)CCCCCCCCCCCCC)C(COP(=O)([O-])OCC[N+](C)(C)C)NC(=O)CCCCCCCCCCCCCCC. The number of phosphoric acid groups is 1. The van der Waals surface area contributed by atoms with Crippen molar-refractivity contribution >= 4 is 19.7 Å². The van der Waals surface area contributed by atoms with E-state index in [1.165, 1.54) is 173 Å². The van der Waals surface area contributed by atoms with Crippen LogP contribution in [0, 0.1) is 0 Å². The van der Waals surface area contributed by atoms with E-state index in [4.69, 9.17) is 13.8 Å². The minimum absolute atomic E-state index is 0.0173. The van der Waals surface area contributed by atoms with Gasteiger partial charge in [-0.1, -0.05) is 232 Å². The second kappa shape index (κ2) is 44.6. The number of allylic oxidation sites excluding steroid dienone is 1. The van der Waals surface area contributed by atoms with E-state index in [9.17, 15) is 19.0 Å². The average Bonchev–Trinajstić information content (AvgIpc) is 3.23. The maximum atomic E-state index is 13.4. The third-order valence-corrected chi connectivity index (χ3v) is 13.2. The topological polar surface area (TPSA) is 114 Å². The van der Waals surface area contributed by atoms with E-state index < -0.39 is 20.0 Å². The molecule has 3 atom stereocenters. The lowest BCUT2D eigenvalue weighted by Gasteiger charge is -2.30. The zero-order chi connectivity index (χ0) is 46.5. The Morgan fingerprint density at radius 2 is 0.905 bits per heavy atom. The van der Waals surface area contributed by atoms with Crippen molar-refractivity contribution < 1.29 is 37.3 Å². The van der Waals surface area contributed by atoms with E-state index >= 15 is 0 Å². The molecule has 0 aliphatic rings. The molecule has 0 aromatic heterocycles. The van der Waals surface area contributed by atoms with Crippen molar-refractivity contribution in [2.24, 2.45) is 0 Å². The molecule has 0 saturated carbocycles. The van der Waals surface area contributed by atoms with E-state index in [0.717, 1.165) is 57.8 Å². The number of phosphoric ester groups is 1. The molecule has 0 spiro atoms. The Morgan fingerprint density at radius 1 is 0.540 bits per heavy atom. The zero-order valence-electron chi connectivity index (χ0n) is 42.6. The fraction of sp³-hybridized carbons (Fsp3) is 0.925. The van der Waals surface area contributed by atoms with Crippen LogP contribution in [0.2, 0.25) is 0 Å². The van der Waals surface area contributed by atoms with Gasteiger partial charge >= 0.3 is 5.97 Å². The van der Waals surface area contributed by atoms with Crippen molar-refractivity contribution in [1.82, 2.24) is 5.32 Å². The molecule has 63 heavy (non-hydrogen) atoms. The minimum atomic E-state index is -4.68. The van der Waals surface area contributed by atoms with Crippen molar-refractivity contribution in [2.75, 3.05) is 40.9 Å². The maximum absolute atomic E-state index is 13.4. The second-order valence-electron chi connectivity index (χ2n) is 19.7. The van der Waals surface area contributed by atoms with E-state index in [0.29, 0.717) is 17.4 Å². The number of ether oxygens (including phenoxy) is 1. The number of hydrogen-bond donors (Lipinski definition) is 1. The number of nitrogens with one attached hydrogen (secondary N) is 1. The van der Waals surface area contributed by atoms with Crippen LogP contribution >= 0.6 is 7.82 Å². The van der Waals surface area contributed by atoms with Crippen molar-refractivity contribution in [3.05, 3.63) is 12.2 Å². The third-order valence-electron chi connectivity index (χ3n) is 12.2. The normalized spacial score (nSPS) is 14.0. The average molecular weight is 913 g/mol. The number of likely N-dealkylation sites (N-methyl/N-ethyl adjacent to an activating group) is 1. The molecule has 9 nitrogen and oxygen atoms in total. The van der Waals surface area contributed by atoms with Gasteiger partial charge in [-0.05, 0) is 31.8 Å². The van der Waals surface area contributed by atoms with Gasteiger partial charge in [0.2, 0.25) is 5.91 Å². The van der Waals surface area contributed by atoms with E-state index in [-0.39, 0.29) is 31.5 Å². The minimum Gasteiger partial charge on any atom is -0.756 e. The van der Waals surface area contributed by atoms with Crippen LogP contribution in [0.3, 0.4) is 0 Å². The van der Waals surface area contributed by atoms with Crippen LogP contribution in [0.5, 0.6) is 0 Å². The van der Waals surface area contributed by atoms with Crippen molar-refractivity contribution in [3.63, 3.8) is 0 Å². The van der Waals surface area contributed by atoms with Gasteiger partial charge in [-0.25, -0.2) is 0 Å². The summed E-state index contributed by atoms with van der Waals surface area (Å²) in [7, 11) is 1.20. The number of carbonyl (C=O) groups excluding carboxylic acids is 2. The molecule has 0 saturated heterocycles. The van der Waals surface area contributed by atoms with Crippen LogP contribution in [-0.4, -0.2) is 69.4 Å². The molecular weight excluding hydrogens is 808 g/mol. The number of unbranched alkanes of at least 4 members (excludes halogenated alkanes) is 33. The molecule has 0 heterocycles. The van der Waals surface area contributed by atoms with Crippen LogP contribution in [-0.2, 0) is 27.9 Å². The molecule has 0 aliphatic heterocycles. The number of amides is 1. The summed E-state index contributed by atoms with van der Waals surface area (Å²) in [5, 5.41) is 3.02. The fourth-order valence-corrected chi connectivity index (χ4v) is 8.72. The Kier molecular flexibility index (Phi) is 43.7. The molecule has 3 unspecified atom stereocenters. The predicted octanol–water partition coefficient (Wildman–Crippen LogP) is 15.0. The van der Waals surface area contributed by atoms with Crippen molar-refractivity contribution in [3.8, 4) is 0 Å². The number of hydrogen-bond acceptors (Lipinski definition) is 7. The summed E-state index contributed by atoms with van der Waals surface area (Å²) in [6, 6.07) is -0.876. The summed E-state index contributed by atoms with van der Waals surface area (Å²) in [6.45, 7) is 6.85. The summed E-state index contributed by atoms with van der Waals surface area (Å²) in [5.74, 6) is -0.529. The first-order chi connectivity index (χ1) is 30.4. The molecule has 10 heteroatoms. The molecule has 0 bridgehead atoms. The maximum Gasteiger partial charge on any atom is 0.306 e. The van der Waals surface area contributed by atoms with Gasteiger partial charge < -0.3 is 28.5 Å². The van der Waals surface area contributed by atoms with Crippen molar-refractivity contribution in [1.29, 1.82) is 0 Å². The first kappa shape index (κ1) is 61.8. The highest BCUT2D eigenvalue weighted by Gasteiger charge is 2.27. The monoisotopic (exact) mass is 913 g/mol. The highest BCUT2D eigenvalue weighted by Crippen LogP contribution is 2.38. The fourth-order valence-electron chi connectivity index (χ4n) is 7.99. The Bertz CT molecular complexity index is 1100. The number of rotatable bonds is 49. The van der Waals surface area contributed by atoms with Gasteiger partial charge in [-0.2, -0.15) is 0 Å². The number of carbonyl (C=O) groups is 2. The van der Waals surface area contributed by atoms with Crippen molar-refractivity contribution in [2.45, 2.75) is 277 Å². The van der Waals surface area contributed by atoms with Crippen LogP contribution in [0.1, 0.15) is 265 Å². The predicted molar refractivity (Wildman–Crippen MR) is 266 cm³/mol. The molecule has 0 aromatic rings. The molecule has 1 amide bonds. The van der Waals surface area contributed by atoms with Gasteiger partial charge in [0.05, 0.1) is 33.8 Å². The van der Waals surface area contributed by atoms with Gasteiger partial charge in [0.15, 0.2) is 0 Å². The highest BCUT2D eigenvalue weighted by atomic mass is 31.2. The van der Waals surface area contributed by atoms with Crippen LogP contribution < -0.4 is 10.2 Å². The first-order valence-electron chi connectivity index (χ1n) is 27.0. The standard InChI is InChI=1S/C53H105N2O7P/c1-7-10-13-16-19-22-25-27-30-32-35-38-41-44-51(62-53(57)46-43-40-37-34-29-24-21-18-15-12-9-3)50(49-61-63(58,59)60-48-47-55(4,5)6)54-52(56)45-42-39-36-33-31-28-26-23-20-17-14-11-8-2/h41,44,50-51H,7-40,42-43,45-49H2,1-6H3,(H-,54,56,58,59)/b44-41+. The first-order valence-corrected chi connectivity index (χ1v) is 28.5. The molecule has 0 radical (unpaired) electrons.